The molecule has 0 amide bonds. The van der Waals surface area contributed by atoms with Crippen LogP contribution in [0, 0.1) is 0 Å². The third kappa shape index (κ3) is 2.43. The van der Waals surface area contributed by atoms with Crippen LogP contribution in [0.5, 0.6) is 0 Å². The SMILES string of the molecule is O=C(O)CC(c1cccnn1)c1cccs1. The Kier molecular flexibility index (Phi) is 3.26. The molecule has 2 rings (SSSR count). The molecule has 0 fully saturated rings. The van der Waals surface area contributed by atoms with Crippen LogP contribution in [-0.4, -0.2) is 21.3 Å². The fraction of sp³-hybridized carbons (Fsp3) is 0.182. The molecule has 0 saturated carbocycles. The number of hydrogen-bond acceptors (Lipinski definition) is 4. The highest BCUT2D eigenvalue weighted by Crippen LogP contribution is 2.29. The standard InChI is InChI=1S/C11H10N2O2S/c14-11(15)7-8(10-4-2-6-16-10)9-3-1-5-12-13-9/h1-6,8H,7H2,(H,14,15). The summed E-state index contributed by atoms with van der Waals surface area (Å²) in [5.41, 5.74) is 0.701. The van der Waals surface area contributed by atoms with Crippen molar-refractivity contribution in [2.24, 2.45) is 0 Å². The van der Waals surface area contributed by atoms with Gasteiger partial charge in [-0.25, -0.2) is 0 Å². The molecule has 1 N–H and O–H groups in total. The van der Waals surface area contributed by atoms with Crippen LogP contribution < -0.4 is 0 Å². The van der Waals surface area contributed by atoms with E-state index in [-0.39, 0.29) is 12.3 Å². The molecule has 0 radical (unpaired) electrons. The number of carbonyl (C=O) groups is 1. The molecule has 0 aliphatic rings. The maximum absolute atomic E-state index is 10.8. The molecule has 0 saturated heterocycles. The lowest BCUT2D eigenvalue weighted by molar-refractivity contribution is -0.137. The van der Waals surface area contributed by atoms with Crippen molar-refractivity contribution in [3.05, 3.63) is 46.4 Å². The molecule has 82 valence electrons. The maximum atomic E-state index is 10.8. The minimum Gasteiger partial charge on any atom is -0.481 e. The first-order chi connectivity index (χ1) is 7.77. The molecule has 5 heteroatoms. The summed E-state index contributed by atoms with van der Waals surface area (Å²) in [6, 6.07) is 7.41. The number of nitrogens with zero attached hydrogens (tertiary/aromatic N) is 2. The first-order valence-electron chi connectivity index (χ1n) is 4.80. The Morgan fingerprint density at radius 1 is 1.44 bits per heavy atom. The second-order valence-electron chi connectivity index (χ2n) is 3.31. The van der Waals surface area contributed by atoms with E-state index >= 15 is 0 Å². The molecule has 16 heavy (non-hydrogen) atoms. The van der Waals surface area contributed by atoms with Gasteiger partial charge in [-0.2, -0.15) is 10.2 Å². The van der Waals surface area contributed by atoms with Gasteiger partial charge in [0.15, 0.2) is 0 Å². The van der Waals surface area contributed by atoms with Crippen molar-refractivity contribution in [1.82, 2.24) is 10.2 Å². The zero-order chi connectivity index (χ0) is 11.4. The monoisotopic (exact) mass is 234 g/mol. The Bertz CT molecular complexity index is 456. The zero-order valence-corrected chi connectivity index (χ0v) is 9.22. The molecule has 0 bridgehead atoms. The summed E-state index contributed by atoms with van der Waals surface area (Å²) >= 11 is 1.54. The van der Waals surface area contributed by atoms with Crippen molar-refractivity contribution < 1.29 is 9.90 Å². The van der Waals surface area contributed by atoms with Gasteiger partial charge in [-0.05, 0) is 23.6 Å². The van der Waals surface area contributed by atoms with Crippen LogP contribution in [0.25, 0.3) is 0 Å². The van der Waals surface area contributed by atoms with Crippen molar-refractivity contribution in [3.8, 4) is 0 Å². The number of aliphatic carboxylic acids is 1. The lowest BCUT2D eigenvalue weighted by atomic mass is 9.99. The quantitative estimate of drug-likeness (QED) is 0.880. The van der Waals surface area contributed by atoms with Crippen LogP contribution in [0.4, 0.5) is 0 Å². The van der Waals surface area contributed by atoms with E-state index < -0.39 is 5.97 Å². The van der Waals surface area contributed by atoms with E-state index in [9.17, 15) is 4.79 Å². The summed E-state index contributed by atoms with van der Waals surface area (Å²) in [5.74, 6) is -1.03. The van der Waals surface area contributed by atoms with Crippen LogP contribution in [0.15, 0.2) is 35.8 Å². The Morgan fingerprint density at radius 3 is 2.88 bits per heavy atom. The predicted octanol–water partition coefficient (Wildman–Crippen LogP) is 2.14. The summed E-state index contributed by atoms with van der Waals surface area (Å²) in [6.07, 6.45) is 1.62. The lowest BCUT2D eigenvalue weighted by Crippen LogP contribution is -2.08. The minimum absolute atomic E-state index is 0.0409. The molecule has 1 atom stereocenters. The van der Waals surface area contributed by atoms with E-state index in [1.54, 1.807) is 18.3 Å². The van der Waals surface area contributed by atoms with Gasteiger partial charge >= 0.3 is 5.97 Å². The van der Waals surface area contributed by atoms with Crippen LogP contribution in [0.2, 0.25) is 0 Å². The van der Waals surface area contributed by atoms with E-state index in [1.165, 1.54) is 11.3 Å². The zero-order valence-electron chi connectivity index (χ0n) is 8.41. The van der Waals surface area contributed by atoms with Crippen molar-refractivity contribution in [2.75, 3.05) is 0 Å². The van der Waals surface area contributed by atoms with Gasteiger partial charge in [0.1, 0.15) is 0 Å². The summed E-state index contributed by atoms with van der Waals surface area (Å²) < 4.78 is 0. The molecule has 2 heterocycles. The Hall–Kier alpha value is -1.75. The van der Waals surface area contributed by atoms with E-state index in [4.69, 9.17) is 5.11 Å². The van der Waals surface area contributed by atoms with Gasteiger partial charge < -0.3 is 5.11 Å². The largest absolute Gasteiger partial charge is 0.481 e. The lowest BCUT2D eigenvalue weighted by Gasteiger charge is -2.11. The van der Waals surface area contributed by atoms with Crippen LogP contribution in [0.3, 0.4) is 0 Å². The summed E-state index contributed by atoms with van der Waals surface area (Å²) in [7, 11) is 0. The van der Waals surface area contributed by atoms with Gasteiger partial charge in [0.05, 0.1) is 12.1 Å². The Morgan fingerprint density at radius 2 is 2.31 bits per heavy atom. The molecule has 1 unspecified atom stereocenters. The average molecular weight is 234 g/mol. The van der Waals surface area contributed by atoms with E-state index in [2.05, 4.69) is 10.2 Å². The van der Waals surface area contributed by atoms with Gasteiger partial charge in [0.25, 0.3) is 0 Å². The molecule has 2 aromatic heterocycles. The molecule has 4 nitrogen and oxygen atoms in total. The van der Waals surface area contributed by atoms with Crippen molar-refractivity contribution in [3.63, 3.8) is 0 Å². The van der Waals surface area contributed by atoms with Gasteiger partial charge in [-0.1, -0.05) is 6.07 Å². The van der Waals surface area contributed by atoms with Crippen LogP contribution in [-0.2, 0) is 4.79 Å². The van der Waals surface area contributed by atoms with Gasteiger partial charge in [-0.15, -0.1) is 11.3 Å². The third-order valence-corrected chi connectivity index (χ3v) is 3.20. The third-order valence-electron chi connectivity index (χ3n) is 2.22. The van der Waals surface area contributed by atoms with Gasteiger partial charge in [-0.3, -0.25) is 4.79 Å². The molecule has 0 spiro atoms. The van der Waals surface area contributed by atoms with Gasteiger partial charge in [0.2, 0.25) is 0 Å². The fourth-order valence-electron chi connectivity index (χ4n) is 1.51. The molecule has 2 aromatic rings. The first kappa shape index (κ1) is 10.8. The first-order valence-corrected chi connectivity index (χ1v) is 5.68. The van der Waals surface area contributed by atoms with Crippen molar-refractivity contribution >= 4 is 17.3 Å². The Balaban J connectivity index is 2.32. The second-order valence-corrected chi connectivity index (χ2v) is 4.29. The molecule has 0 aliphatic heterocycles. The van der Waals surface area contributed by atoms with Crippen molar-refractivity contribution in [2.45, 2.75) is 12.3 Å². The predicted molar refractivity (Wildman–Crippen MR) is 60.4 cm³/mol. The topological polar surface area (TPSA) is 63.1 Å². The molecule has 0 aromatic carbocycles. The molecular formula is C11H10N2O2S. The second kappa shape index (κ2) is 4.85. The highest BCUT2D eigenvalue weighted by molar-refractivity contribution is 7.10. The Labute approximate surface area is 96.6 Å². The summed E-state index contributed by atoms with van der Waals surface area (Å²) in [6.45, 7) is 0. The fourth-order valence-corrected chi connectivity index (χ4v) is 2.35. The normalized spacial score (nSPS) is 12.2. The number of aromatic nitrogens is 2. The summed E-state index contributed by atoms with van der Waals surface area (Å²) in [4.78, 5) is 11.8. The highest BCUT2D eigenvalue weighted by Gasteiger charge is 2.20. The van der Waals surface area contributed by atoms with Crippen molar-refractivity contribution in [1.29, 1.82) is 0 Å². The smallest absolute Gasteiger partial charge is 0.304 e. The number of carboxylic acid groups (broad SMARTS) is 1. The number of hydrogen-bond donors (Lipinski definition) is 1. The molecular weight excluding hydrogens is 224 g/mol. The molecule has 0 aliphatic carbocycles. The van der Waals surface area contributed by atoms with Crippen LogP contribution in [0.1, 0.15) is 22.9 Å². The van der Waals surface area contributed by atoms with E-state index in [1.807, 2.05) is 17.5 Å². The number of rotatable bonds is 4. The maximum Gasteiger partial charge on any atom is 0.304 e. The highest BCUT2D eigenvalue weighted by atomic mass is 32.1. The van der Waals surface area contributed by atoms with E-state index in [0.29, 0.717) is 5.69 Å². The minimum atomic E-state index is -0.830. The average Bonchev–Trinajstić information content (AvgIpc) is 2.80. The number of thiophene rings is 1. The van der Waals surface area contributed by atoms with E-state index in [0.717, 1.165) is 4.88 Å². The van der Waals surface area contributed by atoms with Gasteiger partial charge in [0, 0.05) is 17.0 Å². The number of carboxylic acids is 1. The summed E-state index contributed by atoms with van der Waals surface area (Å²) in [5, 5.41) is 18.6. The van der Waals surface area contributed by atoms with Crippen LogP contribution >= 0.6 is 11.3 Å².